The van der Waals surface area contributed by atoms with E-state index in [1.54, 1.807) is 0 Å². The Morgan fingerprint density at radius 2 is 1.91 bits per heavy atom. The quantitative estimate of drug-likeness (QED) is 0.705. The number of aromatic carboxylic acids is 1. The molecular formula is C15H19NO7. The fraction of sp³-hybridized carbons (Fsp3) is 0.600. The van der Waals surface area contributed by atoms with Gasteiger partial charge in [-0.05, 0) is 18.9 Å². The zero-order chi connectivity index (χ0) is 16.6. The van der Waals surface area contributed by atoms with Crippen LogP contribution in [0.5, 0.6) is 0 Å². The number of furan rings is 1. The number of nitrogens with zero attached hydrogens (tertiary/aromatic N) is 1. The van der Waals surface area contributed by atoms with Crippen LogP contribution in [0, 0.1) is 0 Å². The molecule has 1 aromatic rings. The van der Waals surface area contributed by atoms with Crippen LogP contribution in [0.25, 0.3) is 0 Å². The molecule has 0 aromatic carbocycles. The summed E-state index contributed by atoms with van der Waals surface area (Å²) in [6, 6.07) is 1.25. The third-order valence-electron chi connectivity index (χ3n) is 4.64. The van der Waals surface area contributed by atoms with Gasteiger partial charge in [-0.1, -0.05) is 0 Å². The van der Waals surface area contributed by atoms with Gasteiger partial charge in [0.2, 0.25) is 5.76 Å². The topological polar surface area (TPSA) is 120 Å². The Hall–Kier alpha value is -1.90. The van der Waals surface area contributed by atoms with Gasteiger partial charge in [0, 0.05) is 19.5 Å². The van der Waals surface area contributed by atoms with Gasteiger partial charge >= 0.3 is 5.97 Å². The monoisotopic (exact) mass is 325 g/mol. The lowest BCUT2D eigenvalue weighted by atomic mass is 9.82. The number of rotatable bonds is 2. The van der Waals surface area contributed by atoms with Crippen molar-refractivity contribution in [3.8, 4) is 0 Å². The van der Waals surface area contributed by atoms with Crippen molar-refractivity contribution in [2.45, 2.75) is 37.1 Å². The zero-order valence-electron chi connectivity index (χ0n) is 12.5. The maximum atomic E-state index is 12.4. The highest BCUT2D eigenvalue weighted by molar-refractivity contribution is 6.02. The summed E-state index contributed by atoms with van der Waals surface area (Å²) in [6.07, 6.45) is 0.856. The number of hydrogen-bond acceptors (Lipinski definition) is 6. The molecule has 0 radical (unpaired) electrons. The number of likely N-dealkylation sites (tertiary alicyclic amines) is 1. The molecule has 2 saturated heterocycles. The van der Waals surface area contributed by atoms with Crippen molar-refractivity contribution < 1.29 is 34.1 Å². The fourth-order valence-electron chi connectivity index (χ4n) is 3.20. The van der Waals surface area contributed by atoms with E-state index in [1.807, 2.05) is 0 Å². The minimum Gasteiger partial charge on any atom is -0.478 e. The van der Waals surface area contributed by atoms with Crippen LogP contribution in [0.3, 0.4) is 0 Å². The second-order valence-corrected chi connectivity index (χ2v) is 6.09. The van der Waals surface area contributed by atoms with Crippen LogP contribution in [-0.4, -0.2) is 69.6 Å². The number of aliphatic hydroxyl groups is 2. The molecule has 1 aromatic heterocycles. The van der Waals surface area contributed by atoms with E-state index in [4.69, 9.17) is 14.3 Å². The van der Waals surface area contributed by atoms with Crippen LogP contribution < -0.4 is 0 Å². The number of amides is 1. The maximum Gasteiger partial charge on any atom is 0.339 e. The molecule has 0 bridgehead atoms. The number of piperidine rings is 1. The van der Waals surface area contributed by atoms with Crippen LogP contribution in [-0.2, 0) is 4.74 Å². The number of ether oxygens (including phenoxy) is 1. The summed E-state index contributed by atoms with van der Waals surface area (Å²) in [6.45, 7) is 0.833. The molecule has 0 aliphatic carbocycles. The largest absolute Gasteiger partial charge is 0.478 e. The first-order chi connectivity index (χ1) is 10.9. The van der Waals surface area contributed by atoms with Gasteiger partial charge in [0.25, 0.3) is 5.91 Å². The first-order valence-corrected chi connectivity index (χ1v) is 7.52. The average Bonchev–Trinajstić information content (AvgIpc) is 3.01. The summed E-state index contributed by atoms with van der Waals surface area (Å²) in [4.78, 5) is 25.0. The standard InChI is InChI=1S/C15H19NO7/c17-10-7-15(23-8-11(10)18)2-4-16(5-3-15)13(19)12-9(14(20)21)1-6-22-12/h1,6,10-11,17-18H,2-5,7-8H2,(H,20,21)/t10-,11+/m0/s1. The number of carboxylic acids is 1. The third-order valence-corrected chi connectivity index (χ3v) is 4.64. The summed E-state index contributed by atoms with van der Waals surface area (Å²) in [5.41, 5.74) is -0.684. The Labute approximate surface area is 132 Å². The van der Waals surface area contributed by atoms with Crippen LogP contribution >= 0.6 is 0 Å². The molecule has 2 aliphatic rings. The smallest absolute Gasteiger partial charge is 0.339 e. The van der Waals surface area contributed by atoms with Crippen molar-refractivity contribution in [1.29, 1.82) is 0 Å². The van der Waals surface area contributed by atoms with E-state index in [0.29, 0.717) is 32.4 Å². The average molecular weight is 325 g/mol. The van der Waals surface area contributed by atoms with Crippen LogP contribution in [0.15, 0.2) is 16.7 Å². The summed E-state index contributed by atoms with van der Waals surface area (Å²) in [5.74, 6) is -1.84. The molecule has 2 aliphatic heterocycles. The number of hydrogen-bond donors (Lipinski definition) is 3. The SMILES string of the molecule is O=C(O)c1ccoc1C(=O)N1CCC2(CC1)C[C@H](O)[C@H](O)CO2. The van der Waals surface area contributed by atoms with Crippen molar-refractivity contribution >= 4 is 11.9 Å². The van der Waals surface area contributed by atoms with Crippen molar-refractivity contribution in [3.63, 3.8) is 0 Å². The van der Waals surface area contributed by atoms with E-state index >= 15 is 0 Å². The van der Waals surface area contributed by atoms with Gasteiger partial charge in [-0.15, -0.1) is 0 Å². The first-order valence-electron chi connectivity index (χ1n) is 7.52. The molecule has 1 spiro atoms. The minimum atomic E-state index is -1.21. The maximum absolute atomic E-state index is 12.4. The summed E-state index contributed by atoms with van der Waals surface area (Å²) in [7, 11) is 0. The first kappa shape index (κ1) is 16.0. The van der Waals surface area contributed by atoms with E-state index < -0.39 is 29.7 Å². The zero-order valence-corrected chi connectivity index (χ0v) is 12.5. The van der Waals surface area contributed by atoms with Crippen LogP contribution in [0.2, 0.25) is 0 Å². The summed E-state index contributed by atoms with van der Waals surface area (Å²) in [5, 5.41) is 28.4. The van der Waals surface area contributed by atoms with Gasteiger partial charge in [-0.2, -0.15) is 0 Å². The highest BCUT2D eigenvalue weighted by atomic mass is 16.5. The van der Waals surface area contributed by atoms with E-state index in [-0.39, 0.29) is 17.9 Å². The third kappa shape index (κ3) is 2.97. The Kier molecular flexibility index (Phi) is 4.13. The molecule has 2 fully saturated rings. The molecule has 126 valence electrons. The molecule has 8 nitrogen and oxygen atoms in total. The molecule has 0 saturated carbocycles. The van der Waals surface area contributed by atoms with Gasteiger partial charge in [0.15, 0.2) is 0 Å². The van der Waals surface area contributed by atoms with Crippen LogP contribution in [0.4, 0.5) is 0 Å². The van der Waals surface area contributed by atoms with Crippen molar-refractivity contribution in [2.24, 2.45) is 0 Å². The number of carbonyl (C=O) groups is 2. The van der Waals surface area contributed by atoms with E-state index in [9.17, 15) is 19.8 Å². The molecule has 2 atom stereocenters. The van der Waals surface area contributed by atoms with Gasteiger partial charge in [-0.25, -0.2) is 4.79 Å². The predicted molar refractivity (Wildman–Crippen MR) is 76.1 cm³/mol. The molecule has 3 N–H and O–H groups in total. The fourth-order valence-corrected chi connectivity index (χ4v) is 3.20. The Morgan fingerprint density at radius 1 is 1.22 bits per heavy atom. The molecule has 23 heavy (non-hydrogen) atoms. The highest BCUT2D eigenvalue weighted by Gasteiger charge is 2.44. The lowest BCUT2D eigenvalue weighted by Crippen LogP contribution is -2.55. The molecule has 1 amide bonds. The molecule has 3 rings (SSSR count). The van der Waals surface area contributed by atoms with E-state index in [0.717, 1.165) is 0 Å². The Morgan fingerprint density at radius 3 is 2.52 bits per heavy atom. The Balaban J connectivity index is 1.66. The van der Waals surface area contributed by atoms with Gasteiger partial charge in [0.1, 0.15) is 11.7 Å². The van der Waals surface area contributed by atoms with Crippen molar-refractivity contribution in [2.75, 3.05) is 19.7 Å². The van der Waals surface area contributed by atoms with Crippen molar-refractivity contribution in [1.82, 2.24) is 4.90 Å². The Bertz CT molecular complexity index is 603. The predicted octanol–water partition coefficient (Wildman–Crippen LogP) is 0.0947. The second-order valence-electron chi connectivity index (χ2n) is 6.09. The van der Waals surface area contributed by atoms with Crippen LogP contribution in [0.1, 0.15) is 40.2 Å². The second kappa shape index (κ2) is 5.95. The van der Waals surface area contributed by atoms with Gasteiger partial charge in [-0.3, -0.25) is 4.79 Å². The lowest BCUT2D eigenvalue weighted by Gasteiger charge is -2.46. The minimum absolute atomic E-state index is 0.0798. The number of aliphatic hydroxyl groups excluding tert-OH is 2. The van der Waals surface area contributed by atoms with Crippen molar-refractivity contribution in [3.05, 3.63) is 23.7 Å². The van der Waals surface area contributed by atoms with E-state index in [2.05, 4.69) is 0 Å². The molecule has 0 unspecified atom stereocenters. The summed E-state index contributed by atoms with van der Waals surface area (Å²) < 4.78 is 10.7. The molecular weight excluding hydrogens is 306 g/mol. The molecule has 3 heterocycles. The van der Waals surface area contributed by atoms with Gasteiger partial charge < -0.3 is 29.4 Å². The highest BCUT2D eigenvalue weighted by Crippen LogP contribution is 2.35. The number of carbonyl (C=O) groups excluding carboxylic acids is 1. The van der Waals surface area contributed by atoms with E-state index in [1.165, 1.54) is 17.2 Å². The lowest BCUT2D eigenvalue weighted by molar-refractivity contribution is -0.185. The summed E-state index contributed by atoms with van der Waals surface area (Å²) >= 11 is 0. The normalized spacial score (nSPS) is 27.1. The van der Waals surface area contributed by atoms with Gasteiger partial charge in [0.05, 0.1) is 24.6 Å². The number of carboxylic acid groups (broad SMARTS) is 1. The molecule has 8 heteroatoms.